The van der Waals surface area contributed by atoms with E-state index in [0.29, 0.717) is 0 Å². The molecular weight excluding hydrogens is 709 g/mol. The van der Waals surface area contributed by atoms with Crippen LogP contribution in [0.4, 0.5) is 17.1 Å². The molecule has 0 amide bonds. The lowest BCUT2D eigenvalue weighted by atomic mass is 9.98. The zero-order chi connectivity index (χ0) is 38.2. The van der Waals surface area contributed by atoms with E-state index in [2.05, 4.69) is 191 Å². The number of aromatic nitrogens is 1. The Morgan fingerprint density at radius 3 is 1.98 bits per heavy atom. The highest BCUT2D eigenvalue weighted by molar-refractivity contribution is 6.13. The molecule has 12 rings (SSSR count). The molecule has 272 valence electrons. The summed E-state index contributed by atoms with van der Waals surface area (Å²) < 4.78 is 15.4. The number of nitrogens with zero attached hydrogens (tertiary/aromatic N) is 2. The minimum atomic E-state index is 0.866. The number of anilines is 3. The summed E-state index contributed by atoms with van der Waals surface area (Å²) in [6, 6.07) is 73.2. The Hall–Kier alpha value is -7.82. The normalized spacial score (nSPS) is 11.9. The van der Waals surface area contributed by atoms with E-state index in [1.807, 2.05) is 24.3 Å². The van der Waals surface area contributed by atoms with Gasteiger partial charge in [0.25, 0.3) is 0 Å². The van der Waals surface area contributed by atoms with Crippen molar-refractivity contribution in [2.75, 3.05) is 4.90 Å². The van der Waals surface area contributed by atoms with Crippen molar-refractivity contribution in [2.24, 2.45) is 0 Å². The van der Waals surface area contributed by atoms with E-state index in [1.165, 1.54) is 21.9 Å². The molecule has 0 radical (unpaired) electrons. The third-order valence-corrected chi connectivity index (χ3v) is 11.6. The fraction of sp³-hybridized carbons (Fsp3) is 0. The second kappa shape index (κ2) is 12.9. The van der Waals surface area contributed by atoms with Crippen molar-refractivity contribution < 1.29 is 9.15 Å². The molecule has 0 saturated heterocycles. The van der Waals surface area contributed by atoms with Crippen molar-refractivity contribution in [2.45, 2.75) is 0 Å². The first-order valence-corrected chi connectivity index (χ1v) is 19.7. The molecule has 0 N–H and O–H groups in total. The molecule has 0 unspecified atom stereocenters. The first-order valence-electron chi connectivity index (χ1n) is 19.7. The van der Waals surface area contributed by atoms with E-state index in [9.17, 15) is 0 Å². The summed E-state index contributed by atoms with van der Waals surface area (Å²) in [7, 11) is 0. The van der Waals surface area contributed by atoms with Crippen molar-refractivity contribution in [1.82, 2.24) is 4.57 Å². The van der Waals surface area contributed by atoms with Crippen LogP contribution in [-0.2, 0) is 0 Å². The molecule has 0 aliphatic carbocycles. The molecule has 11 aromatic rings. The highest BCUT2D eigenvalue weighted by Crippen LogP contribution is 2.48. The summed E-state index contributed by atoms with van der Waals surface area (Å²) in [5.41, 5.74) is 15.0. The molecular formula is C54H34N2O2. The van der Waals surface area contributed by atoms with Crippen LogP contribution in [0.2, 0.25) is 0 Å². The fourth-order valence-corrected chi connectivity index (χ4v) is 8.94. The predicted molar refractivity (Wildman–Crippen MR) is 239 cm³/mol. The first kappa shape index (κ1) is 32.4. The van der Waals surface area contributed by atoms with Gasteiger partial charge in [0.05, 0.1) is 22.4 Å². The number of hydrogen-bond acceptors (Lipinski definition) is 3. The molecule has 58 heavy (non-hydrogen) atoms. The van der Waals surface area contributed by atoms with Crippen LogP contribution < -0.4 is 9.64 Å². The Morgan fingerprint density at radius 2 is 1.05 bits per heavy atom. The fourth-order valence-electron chi connectivity index (χ4n) is 8.94. The van der Waals surface area contributed by atoms with Crippen LogP contribution in [0.25, 0.3) is 82.8 Å². The van der Waals surface area contributed by atoms with Crippen LogP contribution >= 0.6 is 0 Å². The number of hydrogen-bond donors (Lipinski definition) is 0. The molecule has 2 aromatic heterocycles. The van der Waals surface area contributed by atoms with Gasteiger partial charge in [-0.1, -0.05) is 140 Å². The monoisotopic (exact) mass is 742 g/mol. The minimum absolute atomic E-state index is 0.866. The van der Waals surface area contributed by atoms with E-state index >= 15 is 0 Å². The lowest BCUT2D eigenvalue weighted by Crippen LogP contribution is -2.11. The molecule has 0 spiro atoms. The Bertz CT molecular complexity index is 3380. The molecule has 0 fully saturated rings. The van der Waals surface area contributed by atoms with Gasteiger partial charge in [0.1, 0.15) is 11.2 Å². The third-order valence-electron chi connectivity index (χ3n) is 11.6. The highest BCUT2D eigenvalue weighted by atomic mass is 16.5. The molecule has 0 atom stereocenters. The number of rotatable bonds is 6. The molecule has 9 aromatic carbocycles. The summed E-state index contributed by atoms with van der Waals surface area (Å²) in [5.74, 6) is 1.74. The maximum atomic E-state index is 6.60. The smallest absolute Gasteiger partial charge is 0.152 e. The Morgan fingerprint density at radius 1 is 0.397 bits per heavy atom. The Kier molecular flexibility index (Phi) is 7.20. The highest BCUT2D eigenvalue weighted by Gasteiger charge is 2.24. The molecule has 1 aliphatic rings. The average Bonchev–Trinajstić information content (AvgIpc) is 3.84. The first-order chi connectivity index (χ1) is 28.8. The van der Waals surface area contributed by atoms with Crippen LogP contribution in [0.15, 0.2) is 211 Å². The SMILES string of the molecule is c1ccc(-c2ccc(N(c3cccc(-c4ccc5c(c4)c4cccc6c4n5-c4ccccc4O6)c3)c3ccccc3-c3cccc4c3oc3ccccc34)cc2)cc1. The Balaban J connectivity index is 1.04. The summed E-state index contributed by atoms with van der Waals surface area (Å²) >= 11 is 0. The van der Waals surface area contributed by atoms with Gasteiger partial charge in [-0.05, 0) is 89.0 Å². The van der Waals surface area contributed by atoms with Crippen LogP contribution in [0.5, 0.6) is 11.5 Å². The molecule has 0 bridgehead atoms. The predicted octanol–water partition coefficient (Wildman–Crippen LogP) is 15.3. The minimum Gasteiger partial charge on any atom is -0.455 e. The topological polar surface area (TPSA) is 30.5 Å². The van der Waals surface area contributed by atoms with Gasteiger partial charge in [0.2, 0.25) is 0 Å². The number of ether oxygens (including phenoxy) is 1. The van der Waals surface area contributed by atoms with Crippen LogP contribution in [0.1, 0.15) is 0 Å². The maximum absolute atomic E-state index is 6.60. The number of benzene rings is 9. The standard InChI is InChI=1S/C54H34N2O2/c1-2-13-35(14-3-1)36-27-30-39(31-28-36)55(47-22-6-4-17-41(47)44-20-11-21-45-42-18-5-8-24-50(42)58-54(44)45)40-16-10-15-37(33-40)38-29-32-48-46(34-38)43-19-12-26-52-53(43)56(48)49-23-7-9-25-51(49)57-52/h1-34H. The second-order valence-corrected chi connectivity index (χ2v) is 14.9. The molecule has 0 saturated carbocycles. The lowest BCUT2D eigenvalue weighted by molar-refractivity contribution is 0.476. The van der Waals surface area contributed by atoms with Gasteiger partial charge in [0.15, 0.2) is 11.5 Å². The maximum Gasteiger partial charge on any atom is 0.152 e. The van der Waals surface area contributed by atoms with Crippen LogP contribution in [-0.4, -0.2) is 4.57 Å². The molecule has 4 nitrogen and oxygen atoms in total. The van der Waals surface area contributed by atoms with Crippen molar-refractivity contribution >= 4 is 60.8 Å². The zero-order valence-electron chi connectivity index (χ0n) is 31.3. The lowest BCUT2D eigenvalue weighted by Gasteiger charge is -2.28. The zero-order valence-corrected chi connectivity index (χ0v) is 31.3. The quantitative estimate of drug-likeness (QED) is 0.170. The second-order valence-electron chi connectivity index (χ2n) is 14.9. The molecule has 1 aliphatic heterocycles. The van der Waals surface area contributed by atoms with Gasteiger partial charge < -0.3 is 18.6 Å². The van der Waals surface area contributed by atoms with Crippen molar-refractivity contribution in [3.8, 4) is 50.6 Å². The summed E-state index contributed by atoms with van der Waals surface area (Å²) in [6.07, 6.45) is 0. The molecule has 4 heteroatoms. The van der Waals surface area contributed by atoms with Gasteiger partial charge in [0, 0.05) is 44.0 Å². The summed E-state index contributed by atoms with van der Waals surface area (Å²) in [4.78, 5) is 2.38. The van der Waals surface area contributed by atoms with Gasteiger partial charge in [-0.15, -0.1) is 0 Å². The van der Waals surface area contributed by atoms with Crippen molar-refractivity contribution in [3.63, 3.8) is 0 Å². The van der Waals surface area contributed by atoms with Gasteiger partial charge in [-0.2, -0.15) is 0 Å². The van der Waals surface area contributed by atoms with Crippen LogP contribution in [0.3, 0.4) is 0 Å². The van der Waals surface area contributed by atoms with E-state index < -0.39 is 0 Å². The van der Waals surface area contributed by atoms with Gasteiger partial charge >= 0.3 is 0 Å². The van der Waals surface area contributed by atoms with E-state index in [1.54, 1.807) is 0 Å². The van der Waals surface area contributed by atoms with E-state index in [0.717, 1.165) is 89.5 Å². The van der Waals surface area contributed by atoms with E-state index in [-0.39, 0.29) is 0 Å². The Labute approximate surface area is 335 Å². The van der Waals surface area contributed by atoms with Crippen LogP contribution in [0, 0.1) is 0 Å². The average molecular weight is 743 g/mol. The third kappa shape index (κ3) is 5.02. The van der Waals surface area contributed by atoms with Crippen molar-refractivity contribution in [3.05, 3.63) is 206 Å². The van der Waals surface area contributed by atoms with Gasteiger partial charge in [-0.25, -0.2) is 0 Å². The number of fused-ring (bicyclic) bond motifs is 8. The number of furan rings is 1. The van der Waals surface area contributed by atoms with Crippen molar-refractivity contribution in [1.29, 1.82) is 0 Å². The number of para-hydroxylation sites is 6. The summed E-state index contributed by atoms with van der Waals surface area (Å²) in [5, 5.41) is 4.59. The summed E-state index contributed by atoms with van der Waals surface area (Å²) in [6.45, 7) is 0. The largest absolute Gasteiger partial charge is 0.455 e. The van der Waals surface area contributed by atoms with Gasteiger partial charge in [-0.3, -0.25) is 0 Å². The molecule has 3 heterocycles. The van der Waals surface area contributed by atoms with E-state index in [4.69, 9.17) is 9.15 Å².